The molecule has 0 aliphatic rings. The maximum Gasteiger partial charge on any atom is 0.426 e. The van der Waals surface area contributed by atoms with Gasteiger partial charge < -0.3 is 15.5 Å². The van der Waals surface area contributed by atoms with Gasteiger partial charge in [-0.3, -0.25) is 4.79 Å². The van der Waals surface area contributed by atoms with Gasteiger partial charge in [0.25, 0.3) is 5.91 Å². The van der Waals surface area contributed by atoms with E-state index in [2.05, 4.69) is 0 Å². The summed E-state index contributed by atoms with van der Waals surface area (Å²) in [7, 11) is 0. The Bertz CT molecular complexity index is 612. The van der Waals surface area contributed by atoms with E-state index in [4.69, 9.17) is 23.2 Å². The predicted molar refractivity (Wildman–Crippen MR) is 88.8 cm³/mol. The Balaban J connectivity index is 2.96. The van der Waals surface area contributed by atoms with Gasteiger partial charge in [-0.2, -0.15) is 13.2 Å². The van der Waals surface area contributed by atoms with E-state index in [-0.39, 0.29) is 15.7 Å². The van der Waals surface area contributed by atoms with Crippen LogP contribution in [0, 0.1) is 0 Å². The van der Waals surface area contributed by atoms with Gasteiger partial charge in [0.05, 0.1) is 21.8 Å². The SMILES string of the molecule is CCC(O)CSc1ccc(NC(=O)C(C)(O)C(F)(F)F)c(Cl)c1Cl. The lowest BCUT2D eigenvalue weighted by Crippen LogP contribution is -2.52. The van der Waals surface area contributed by atoms with Crippen molar-refractivity contribution in [2.24, 2.45) is 0 Å². The van der Waals surface area contributed by atoms with E-state index in [9.17, 15) is 28.2 Å². The molecule has 0 heterocycles. The van der Waals surface area contributed by atoms with Crippen molar-refractivity contribution in [2.45, 2.75) is 43.0 Å². The third-order valence-electron chi connectivity index (χ3n) is 3.19. The number of carbonyl (C=O) groups is 1. The number of benzene rings is 1. The molecular weight excluding hydrogens is 390 g/mol. The van der Waals surface area contributed by atoms with E-state index in [0.717, 1.165) is 0 Å². The summed E-state index contributed by atoms with van der Waals surface area (Å²) >= 11 is 13.2. The largest absolute Gasteiger partial charge is 0.426 e. The molecule has 2 unspecified atom stereocenters. The van der Waals surface area contributed by atoms with E-state index in [0.29, 0.717) is 24.0 Å². The van der Waals surface area contributed by atoms with Crippen LogP contribution in [0.3, 0.4) is 0 Å². The van der Waals surface area contributed by atoms with Gasteiger partial charge in [-0.25, -0.2) is 0 Å². The van der Waals surface area contributed by atoms with Crippen molar-refractivity contribution < 1.29 is 28.2 Å². The predicted octanol–water partition coefficient (Wildman–Crippen LogP) is 4.11. The zero-order chi connectivity index (χ0) is 18.7. The summed E-state index contributed by atoms with van der Waals surface area (Å²) in [6.07, 6.45) is -5.12. The van der Waals surface area contributed by atoms with E-state index in [1.807, 2.05) is 12.2 Å². The van der Waals surface area contributed by atoms with Crippen LogP contribution < -0.4 is 5.32 Å². The van der Waals surface area contributed by atoms with Crippen molar-refractivity contribution in [3.05, 3.63) is 22.2 Å². The number of nitrogens with one attached hydrogen (secondary N) is 1. The van der Waals surface area contributed by atoms with Gasteiger partial charge in [-0.1, -0.05) is 30.1 Å². The molecule has 0 spiro atoms. The normalized spacial score (nSPS) is 15.7. The summed E-state index contributed by atoms with van der Waals surface area (Å²) in [4.78, 5) is 12.2. The number of hydrogen-bond donors (Lipinski definition) is 3. The summed E-state index contributed by atoms with van der Waals surface area (Å²) in [5.74, 6) is -1.31. The lowest BCUT2D eigenvalue weighted by Gasteiger charge is -2.25. The number of aliphatic hydroxyl groups is 2. The topological polar surface area (TPSA) is 69.6 Å². The number of carbonyl (C=O) groups excluding carboxylic acids is 1. The Morgan fingerprint density at radius 1 is 1.33 bits per heavy atom. The minimum Gasteiger partial charge on any atom is -0.392 e. The molecule has 3 N–H and O–H groups in total. The Morgan fingerprint density at radius 2 is 1.92 bits per heavy atom. The molecule has 1 amide bonds. The first-order valence-corrected chi connectivity index (χ1v) is 8.55. The first-order chi connectivity index (χ1) is 10.9. The van der Waals surface area contributed by atoms with Crippen LogP contribution in [-0.4, -0.2) is 39.8 Å². The summed E-state index contributed by atoms with van der Waals surface area (Å²) < 4.78 is 37.9. The molecule has 2 atom stereocenters. The van der Waals surface area contributed by atoms with Crippen LogP contribution in [0.2, 0.25) is 10.0 Å². The number of thioether (sulfide) groups is 1. The van der Waals surface area contributed by atoms with Crippen LogP contribution in [0.4, 0.5) is 18.9 Å². The molecule has 0 saturated heterocycles. The molecule has 24 heavy (non-hydrogen) atoms. The Labute approximate surface area is 151 Å². The van der Waals surface area contributed by atoms with Gasteiger partial charge in [0.2, 0.25) is 5.60 Å². The lowest BCUT2D eigenvalue weighted by atomic mass is 10.1. The third-order valence-corrected chi connectivity index (χ3v) is 5.39. The number of halogens is 5. The molecule has 0 aliphatic carbocycles. The smallest absolute Gasteiger partial charge is 0.392 e. The summed E-state index contributed by atoms with van der Waals surface area (Å²) in [6, 6.07) is 2.73. The van der Waals surface area contributed by atoms with Crippen LogP contribution in [-0.2, 0) is 4.79 Å². The highest BCUT2D eigenvalue weighted by molar-refractivity contribution is 7.99. The number of rotatable bonds is 6. The second kappa shape index (κ2) is 8.14. The van der Waals surface area contributed by atoms with Crippen molar-refractivity contribution in [3.63, 3.8) is 0 Å². The lowest BCUT2D eigenvalue weighted by molar-refractivity contribution is -0.242. The molecular formula is C14H16Cl2F3NO3S. The average molecular weight is 406 g/mol. The molecule has 10 heteroatoms. The monoisotopic (exact) mass is 405 g/mol. The molecule has 0 aromatic heterocycles. The number of amides is 1. The number of hydrogen-bond acceptors (Lipinski definition) is 4. The van der Waals surface area contributed by atoms with Gasteiger partial charge in [0.1, 0.15) is 0 Å². The summed E-state index contributed by atoms with van der Waals surface area (Å²) in [5.41, 5.74) is -3.72. The van der Waals surface area contributed by atoms with Crippen molar-refractivity contribution >= 4 is 46.6 Å². The average Bonchev–Trinajstić information content (AvgIpc) is 2.49. The van der Waals surface area contributed by atoms with E-state index in [1.165, 1.54) is 23.9 Å². The van der Waals surface area contributed by atoms with Crippen LogP contribution in [0.5, 0.6) is 0 Å². The van der Waals surface area contributed by atoms with Crippen molar-refractivity contribution in [2.75, 3.05) is 11.1 Å². The van der Waals surface area contributed by atoms with E-state index >= 15 is 0 Å². The van der Waals surface area contributed by atoms with Crippen LogP contribution in [0.15, 0.2) is 17.0 Å². The Kier molecular flexibility index (Phi) is 7.25. The van der Waals surface area contributed by atoms with E-state index < -0.39 is 23.8 Å². The van der Waals surface area contributed by atoms with Crippen molar-refractivity contribution in [3.8, 4) is 0 Å². The Morgan fingerprint density at radius 3 is 2.42 bits per heavy atom. The van der Waals surface area contributed by atoms with Gasteiger partial charge >= 0.3 is 6.18 Å². The maximum absolute atomic E-state index is 12.6. The fourth-order valence-electron chi connectivity index (χ4n) is 1.42. The van der Waals surface area contributed by atoms with Gasteiger partial charge in [0, 0.05) is 10.6 Å². The molecule has 0 radical (unpaired) electrons. The van der Waals surface area contributed by atoms with Gasteiger partial charge in [0.15, 0.2) is 0 Å². The van der Waals surface area contributed by atoms with Crippen LogP contribution in [0.1, 0.15) is 20.3 Å². The molecule has 0 saturated carbocycles. The summed E-state index contributed by atoms with van der Waals surface area (Å²) in [5, 5.41) is 20.7. The molecule has 136 valence electrons. The fraction of sp³-hybridized carbons (Fsp3) is 0.500. The fourth-order valence-corrected chi connectivity index (χ4v) is 3.01. The number of aliphatic hydroxyl groups excluding tert-OH is 1. The second-order valence-electron chi connectivity index (χ2n) is 5.14. The van der Waals surface area contributed by atoms with Crippen LogP contribution >= 0.6 is 35.0 Å². The van der Waals surface area contributed by atoms with Crippen LogP contribution in [0.25, 0.3) is 0 Å². The highest BCUT2D eigenvalue weighted by Crippen LogP contribution is 2.39. The molecule has 0 fully saturated rings. The van der Waals surface area contributed by atoms with Crippen molar-refractivity contribution in [1.82, 2.24) is 0 Å². The summed E-state index contributed by atoms with van der Waals surface area (Å²) in [6.45, 7) is 2.15. The first kappa shape index (κ1) is 21.4. The zero-order valence-electron chi connectivity index (χ0n) is 12.7. The Hall–Kier alpha value is -0.670. The highest BCUT2D eigenvalue weighted by Gasteiger charge is 2.55. The molecule has 1 aromatic carbocycles. The number of anilines is 1. The van der Waals surface area contributed by atoms with Gasteiger partial charge in [-0.05, 0) is 25.5 Å². The molecule has 0 bridgehead atoms. The number of alkyl halides is 3. The highest BCUT2D eigenvalue weighted by atomic mass is 35.5. The standard InChI is InChI=1S/C14H16Cl2F3NO3S/c1-3-7(21)6-24-9-5-4-8(10(15)11(9)16)20-12(22)13(2,23)14(17,18)19/h4-5,7,21,23H,3,6H2,1-2H3,(H,20,22). The zero-order valence-corrected chi connectivity index (χ0v) is 15.1. The minimum absolute atomic E-state index is 0.0365. The van der Waals surface area contributed by atoms with E-state index in [1.54, 1.807) is 0 Å². The maximum atomic E-state index is 12.6. The molecule has 1 rings (SSSR count). The second-order valence-corrected chi connectivity index (χ2v) is 6.95. The third kappa shape index (κ3) is 4.92. The molecule has 4 nitrogen and oxygen atoms in total. The van der Waals surface area contributed by atoms with Gasteiger partial charge in [-0.15, -0.1) is 11.8 Å². The molecule has 1 aromatic rings. The first-order valence-electron chi connectivity index (χ1n) is 6.81. The molecule has 0 aliphatic heterocycles. The minimum atomic E-state index is -5.14. The quantitative estimate of drug-likeness (QED) is 0.622. The van der Waals surface area contributed by atoms with Crippen molar-refractivity contribution in [1.29, 1.82) is 0 Å².